The molecule has 3 rings (SSSR count). The molecule has 0 spiro atoms. The van der Waals surface area contributed by atoms with E-state index in [1.54, 1.807) is 0 Å². The Kier molecular flexibility index (Phi) is 3.51. The van der Waals surface area contributed by atoms with Crippen LogP contribution in [0.5, 0.6) is 0 Å². The third-order valence-electron chi connectivity index (χ3n) is 3.29. The van der Waals surface area contributed by atoms with Gasteiger partial charge in [0.25, 0.3) is 0 Å². The Hall–Kier alpha value is -2.91. The van der Waals surface area contributed by atoms with Gasteiger partial charge in [-0.15, -0.1) is 0 Å². The van der Waals surface area contributed by atoms with Crippen LogP contribution in [0, 0.1) is 0 Å². The van der Waals surface area contributed by atoms with E-state index in [9.17, 15) is 22.8 Å². The molecule has 0 saturated heterocycles. The van der Waals surface area contributed by atoms with Crippen molar-refractivity contribution >= 4 is 23.5 Å². The minimum Gasteiger partial charge on any atom is -0.324 e. The first-order chi connectivity index (χ1) is 10.9. The highest BCUT2D eigenvalue weighted by atomic mass is 19.4. The number of aromatic nitrogens is 3. The van der Waals surface area contributed by atoms with Crippen LogP contribution in [0.3, 0.4) is 0 Å². The van der Waals surface area contributed by atoms with Crippen LogP contribution in [-0.4, -0.2) is 26.6 Å². The van der Waals surface area contributed by atoms with E-state index in [0.29, 0.717) is 0 Å². The van der Waals surface area contributed by atoms with Gasteiger partial charge in [0.15, 0.2) is 0 Å². The topological polar surface area (TPSA) is 88.9 Å². The number of halogens is 3. The molecule has 10 heteroatoms. The van der Waals surface area contributed by atoms with Gasteiger partial charge in [0.05, 0.1) is 17.7 Å². The van der Waals surface area contributed by atoms with Gasteiger partial charge in [-0.2, -0.15) is 23.3 Å². The molecular formula is C13H10F3N5O2. The second-order valence-electron chi connectivity index (χ2n) is 4.83. The molecule has 0 unspecified atom stereocenters. The molecule has 2 heterocycles. The molecule has 120 valence electrons. The molecule has 1 aromatic heterocycles. The Morgan fingerprint density at radius 2 is 2.09 bits per heavy atom. The lowest BCUT2D eigenvalue weighted by Crippen LogP contribution is -2.36. The number of hydrogen-bond donors (Lipinski definition) is 2. The van der Waals surface area contributed by atoms with Crippen LogP contribution < -0.4 is 10.6 Å². The van der Waals surface area contributed by atoms with E-state index < -0.39 is 29.6 Å². The Bertz CT molecular complexity index is 771. The highest BCUT2D eigenvalue weighted by Crippen LogP contribution is 2.35. The van der Waals surface area contributed by atoms with Crippen LogP contribution in [0.15, 0.2) is 30.6 Å². The molecule has 7 nitrogen and oxygen atoms in total. The molecule has 1 atom stereocenters. The summed E-state index contributed by atoms with van der Waals surface area (Å²) in [5.74, 6) is -1.16. The largest absolute Gasteiger partial charge is 0.418 e. The summed E-state index contributed by atoms with van der Waals surface area (Å²) in [6.07, 6.45) is -3.70. The van der Waals surface area contributed by atoms with Crippen LogP contribution >= 0.6 is 0 Å². The average Bonchev–Trinajstić information content (AvgIpc) is 2.93. The molecule has 23 heavy (non-hydrogen) atoms. The molecule has 0 fully saturated rings. The normalized spacial score (nSPS) is 17.3. The fourth-order valence-electron chi connectivity index (χ4n) is 2.26. The summed E-state index contributed by atoms with van der Waals surface area (Å²) in [6, 6.07) is 3.54. The number of rotatable bonds is 2. The summed E-state index contributed by atoms with van der Waals surface area (Å²) in [4.78, 5) is 27.6. The summed E-state index contributed by atoms with van der Waals surface area (Å²) in [5.41, 5.74) is -1.34. The monoisotopic (exact) mass is 325 g/mol. The minimum atomic E-state index is -4.60. The van der Waals surface area contributed by atoms with Gasteiger partial charge in [-0.25, -0.2) is 4.68 Å². The van der Waals surface area contributed by atoms with Crippen LogP contribution in [0.1, 0.15) is 18.0 Å². The smallest absolute Gasteiger partial charge is 0.324 e. The zero-order chi connectivity index (χ0) is 16.6. The molecule has 2 N–H and O–H groups in total. The summed E-state index contributed by atoms with van der Waals surface area (Å²) < 4.78 is 40.0. The van der Waals surface area contributed by atoms with Crippen molar-refractivity contribution in [2.75, 3.05) is 10.6 Å². The number of nitrogens with zero attached hydrogens (tertiary/aromatic N) is 3. The van der Waals surface area contributed by atoms with Crippen molar-refractivity contribution in [2.24, 2.45) is 0 Å². The lowest BCUT2D eigenvalue weighted by molar-refractivity contribution is -0.137. The summed E-state index contributed by atoms with van der Waals surface area (Å²) in [5, 5.41) is 8.44. The molecule has 0 aliphatic carbocycles. The van der Waals surface area contributed by atoms with Crippen molar-refractivity contribution in [1.82, 2.24) is 14.8 Å². The van der Waals surface area contributed by atoms with E-state index in [1.807, 2.05) is 0 Å². The van der Waals surface area contributed by atoms with Gasteiger partial charge in [-0.3, -0.25) is 14.9 Å². The lowest BCUT2D eigenvalue weighted by atomic mass is 10.1. The predicted molar refractivity (Wildman–Crippen MR) is 72.4 cm³/mol. The standard InChI is InChI=1S/C13H10F3N5O2/c14-13(15,16)7-3-1-2-4-8(7)19-11(23)9-5-10(22)20-12-17-6-18-21(9)12/h1-4,6,9H,5H2,(H,19,23)(H,17,18,20,22)/t9-/m0/s1. The number of benzene rings is 1. The maximum absolute atomic E-state index is 12.9. The van der Waals surface area contributed by atoms with E-state index in [0.717, 1.165) is 23.1 Å². The van der Waals surface area contributed by atoms with Gasteiger partial charge < -0.3 is 5.32 Å². The number of hydrogen-bond acceptors (Lipinski definition) is 4. The number of carbonyl (C=O) groups is 2. The number of para-hydroxylation sites is 1. The third-order valence-corrected chi connectivity index (χ3v) is 3.29. The van der Waals surface area contributed by atoms with Crippen molar-refractivity contribution in [3.63, 3.8) is 0 Å². The fourth-order valence-corrected chi connectivity index (χ4v) is 2.26. The SMILES string of the molecule is O=C1C[C@@H](C(=O)Nc2ccccc2C(F)(F)F)n2ncnc2N1. The van der Waals surface area contributed by atoms with Crippen molar-refractivity contribution in [3.05, 3.63) is 36.2 Å². The van der Waals surface area contributed by atoms with Crippen LogP contribution in [0.2, 0.25) is 0 Å². The van der Waals surface area contributed by atoms with E-state index in [1.165, 1.54) is 12.1 Å². The molecule has 1 aliphatic heterocycles. The van der Waals surface area contributed by atoms with E-state index in [2.05, 4.69) is 20.7 Å². The molecule has 0 bridgehead atoms. The number of carbonyl (C=O) groups excluding carboxylic acids is 2. The summed E-state index contributed by atoms with van der Waals surface area (Å²) >= 11 is 0. The van der Waals surface area contributed by atoms with Gasteiger partial charge >= 0.3 is 6.18 Å². The first-order valence-electron chi connectivity index (χ1n) is 6.52. The third kappa shape index (κ3) is 2.87. The Morgan fingerprint density at radius 3 is 2.83 bits per heavy atom. The summed E-state index contributed by atoms with van der Waals surface area (Å²) in [7, 11) is 0. The highest BCUT2D eigenvalue weighted by Gasteiger charge is 2.36. The quantitative estimate of drug-likeness (QED) is 0.881. The average molecular weight is 325 g/mol. The predicted octanol–water partition coefficient (Wildman–Crippen LogP) is 1.82. The highest BCUT2D eigenvalue weighted by molar-refractivity contribution is 6.01. The van der Waals surface area contributed by atoms with Gasteiger partial charge in [-0.05, 0) is 12.1 Å². The molecule has 0 saturated carbocycles. The fraction of sp³-hybridized carbons (Fsp3) is 0.231. The molecule has 1 aromatic carbocycles. The van der Waals surface area contributed by atoms with E-state index >= 15 is 0 Å². The second kappa shape index (κ2) is 5.38. The Morgan fingerprint density at radius 1 is 1.35 bits per heavy atom. The maximum atomic E-state index is 12.9. The zero-order valence-electron chi connectivity index (χ0n) is 11.5. The minimum absolute atomic E-state index is 0.0745. The second-order valence-corrected chi connectivity index (χ2v) is 4.83. The van der Waals surface area contributed by atoms with Crippen molar-refractivity contribution in [1.29, 1.82) is 0 Å². The Balaban J connectivity index is 1.88. The van der Waals surface area contributed by atoms with Gasteiger partial charge in [0, 0.05) is 0 Å². The maximum Gasteiger partial charge on any atom is 0.418 e. The molecular weight excluding hydrogens is 315 g/mol. The molecule has 1 aliphatic rings. The van der Waals surface area contributed by atoms with E-state index in [-0.39, 0.29) is 18.1 Å². The first kappa shape index (κ1) is 15.0. The number of alkyl halides is 3. The van der Waals surface area contributed by atoms with Crippen LogP contribution in [-0.2, 0) is 15.8 Å². The Labute approximate surface area is 127 Å². The van der Waals surface area contributed by atoms with Gasteiger partial charge in [-0.1, -0.05) is 12.1 Å². The lowest BCUT2D eigenvalue weighted by Gasteiger charge is -2.23. The number of nitrogens with one attached hydrogen (secondary N) is 2. The van der Waals surface area contributed by atoms with Gasteiger partial charge in [0.2, 0.25) is 17.8 Å². The molecule has 2 amide bonds. The molecule has 2 aromatic rings. The number of amides is 2. The van der Waals surface area contributed by atoms with Crippen molar-refractivity contribution < 1.29 is 22.8 Å². The van der Waals surface area contributed by atoms with Crippen LogP contribution in [0.4, 0.5) is 24.8 Å². The summed E-state index contributed by atoms with van der Waals surface area (Å²) in [6.45, 7) is 0. The number of fused-ring (bicyclic) bond motifs is 1. The zero-order valence-corrected chi connectivity index (χ0v) is 11.5. The molecule has 0 radical (unpaired) electrons. The van der Waals surface area contributed by atoms with E-state index in [4.69, 9.17) is 0 Å². The van der Waals surface area contributed by atoms with Crippen molar-refractivity contribution in [3.8, 4) is 0 Å². The van der Waals surface area contributed by atoms with Crippen LogP contribution in [0.25, 0.3) is 0 Å². The van der Waals surface area contributed by atoms with Gasteiger partial charge in [0.1, 0.15) is 12.4 Å². The first-order valence-corrected chi connectivity index (χ1v) is 6.52. The number of anilines is 2. The van der Waals surface area contributed by atoms with Crippen molar-refractivity contribution in [2.45, 2.75) is 18.6 Å².